The molecule has 10 heteroatoms. The molecule has 0 fully saturated rings. The number of benzene rings is 5. The summed E-state index contributed by atoms with van der Waals surface area (Å²) in [5.74, 6) is -0.300. The molecule has 0 spiro atoms. The lowest BCUT2D eigenvalue weighted by Crippen LogP contribution is -2.17. The Bertz CT molecular complexity index is 1820. The number of hydrogen-bond donors (Lipinski definition) is 1. The van der Waals surface area contributed by atoms with Crippen molar-refractivity contribution >= 4 is 75.3 Å². The summed E-state index contributed by atoms with van der Waals surface area (Å²) in [6.07, 6.45) is 1.43. The van der Waals surface area contributed by atoms with E-state index in [1.165, 1.54) is 18.3 Å². The number of halogens is 4. The number of amides is 1. The first-order valence-electron chi connectivity index (χ1n) is 12.5. The predicted molar refractivity (Wildman–Crippen MR) is 168 cm³/mol. The molecular formula is C32H20Cl4N2O4. The first kappa shape index (κ1) is 29.4. The van der Waals surface area contributed by atoms with Crippen LogP contribution in [0.4, 0.5) is 0 Å². The van der Waals surface area contributed by atoms with Crippen molar-refractivity contribution in [2.24, 2.45) is 5.10 Å². The Morgan fingerprint density at radius 1 is 0.786 bits per heavy atom. The van der Waals surface area contributed by atoms with E-state index in [9.17, 15) is 9.59 Å². The topological polar surface area (TPSA) is 77.0 Å². The van der Waals surface area contributed by atoms with Gasteiger partial charge in [0.1, 0.15) is 18.1 Å². The molecule has 0 bridgehead atoms. The van der Waals surface area contributed by atoms with Crippen LogP contribution in [-0.2, 0) is 6.61 Å². The molecular weight excluding hydrogens is 618 g/mol. The van der Waals surface area contributed by atoms with Crippen LogP contribution in [0.3, 0.4) is 0 Å². The van der Waals surface area contributed by atoms with Crippen molar-refractivity contribution in [3.8, 4) is 11.5 Å². The highest BCUT2D eigenvalue weighted by atomic mass is 35.5. The molecule has 5 aromatic carbocycles. The molecule has 0 aliphatic heterocycles. The van der Waals surface area contributed by atoms with Gasteiger partial charge in [-0.3, -0.25) is 4.79 Å². The first-order valence-corrected chi connectivity index (χ1v) is 14.0. The Morgan fingerprint density at radius 3 is 2.24 bits per heavy atom. The SMILES string of the molecule is O=C(N/N=C\c1c(OC(=O)c2ccc(Cl)cc2Cl)ccc2ccccc12)c1ccc(OCc2ccc(Cl)cc2Cl)cc1. The minimum Gasteiger partial charge on any atom is -0.489 e. The molecule has 1 N–H and O–H groups in total. The average Bonchev–Trinajstić information content (AvgIpc) is 2.97. The third-order valence-electron chi connectivity index (χ3n) is 6.17. The van der Waals surface area contributed by atoms with Crippen LogP contribution in [0.25, 0.3) is 10.8 Å². The summed E-state index contributed by atoms with van der Waals surface area (Å²) in [7, 11) is 0. The maximum Gasteiger partial charge on any atom is 0.345 e. The molecule has 0 radical (unpaired) electrons. The molecule has 0 saturated heterocycles. The maximum atomic E-state index is 12.9. The van der Waals surface area contributed by atoms with E-state index in [2.05, 4.69) is 10.5 Å². The van der Waals surface area contributed by atoms with Gasteiger partial charge in [0.15, 0.2) is 0 Å². The van der Waals surface area contributed by atoms with E-state index in [1.807, 2.05) is 30.3 Å². The Hall–Kier alpha value is -4.07. The third kappa shape index (κ3) is 7.04. The number of rotatable bonds is 8. The zero-order valence-electron chi connectivity index (χ0n) is 21.6. The van der Waals surface area contributed by atoms with Crippen LogP contribution in [0.1, 0.15) is 31.8 Å². The van der Waals surface area contributed by atoms with E-state index in [4.69, 9.17) is 55.9 Å². The smallest absolute Gasteiger partial charge is 0.345 e. The largest absolute Gasteiger partial charge is 0.489 e. The molecule has 1 amide bonds. The summed E-state index contributed by atoms with van der Waals surface area (Å²) in [4.78, 5) is 25.7. The molecule has 0 unspecified atom stereocenters. The van der Waals surface area contributed by atoms with Gasteiger partial charge in [-0.2, -0.15) is 5.10 Å². The second kappa shape index (κ2) is 13.3. The van der Waals surface area contributed by atoms with E-state index in [0.717, 1.165) is 16.3 Å². The predicted octanol–water partition coefficient (Wildman–Crippen LogP) is 9.02. The standard InChI is InChI=1S/C32H20Cl4N2O4/c33-22-9-5-21(28(35)15-22)18-41-24-11-6-20(7-12-24)31(39)38-37-17-27-25-4-2-1-3-19(25)8-14-30(27)42-32(40)26-13-10-23(34)16-29(26)36/h1-17H,18H2,(H,38,39)/b37-17-. The zero-order valence-corrected chi connectivity index (χ0v) is 24.6. The summed E-state index contributed by atoms with van der Waals surface area (Å²) < 4.78 is 11.5. The number of ether oxygens (including phenoxy) is 2. The number of hydrogen-bond acceptors (Lipinski definition) is 5. The van der Waals surface area contributed by atoms with E-state index < -0.39 is 11.9 Å². The van der Waals surface area contributed by atoms with Gasteiger partial charge in [0.2, 0.25) is 0 Å². The van der Waals surface area contributed by atoms with Gasteiger partial charge in [-0.15, -0.1) is 0 Å². The summed E-state index contributed by atoms with van der Waals surface area (Å²) >= 11 is 24.3. The van der Waals surface area contributed by atoms with Crippen LogP contribution < -0.4 is 14.9 Å². The normalized spacial score (nSPS) is 11.0. The average molecular weight is 638 g/mol. The molecule has 5 aromatic rings. The van der Waals surface area contributed by atoms with Crippen molar-refractivity contribution in [3.63, 3.8) is 0 Å². The quantitative estimate of drug-likeness (QED) is 0.0797. The maximum absolute atomic E-state index is 12.9. The summed E-state index contributed by atoms with van der Waals surface area (Å²) in [5.41, 5.74) is 4.32. The lowest BCUT2D eigenvalue weighted by atomic mass is 10.0. The second-order valence-electron chi connectivity index (χ2n) is 8.96. The van der Waals surface area contributed by atoms with Gasteiger partial charge in [0, 0.05) is 31.8 Å². The van der Waals surface area contributed by atoms with Crippen molar-refractivity contribution in [1.29, 1.82) is 0 Å². The van der Waals surface area contributed by atoms with Gasteiger partial charge >= 0.3 is 5.97 Å². The molecule has 0 aliphatic rings. The highest BCUT2D eigenvalue weighted by molar-refractivity contribution is 6.36. The van der Waals surface area contributed by atoms with Gasteiger partial charge < -0.3 is 9.47 Å². The monoisotopic (exact) mass is 636 g/mol. The first-order chi connectivity index (χ1) is 20.3. The van der Waals surface area contributed by atoms with Crippen LogP contribution in [0.15, 0.2) is 102 Å². The van der Waals surface area contributed by atoms with Gasteiger partial charge in [0.05, 0.1) is 16.8 Å². The van der Waals surface area contributed by atoms with Crippen molar-refractivity contribution in [2.75, 3.05) is 0 Å². The van der Waals surface area contributed by atoms with E-state index in [1.54, 1.807) is 54.6 Å². The molecule has 5 rings (SSSR count). The second-order valence-corrected chi connectivity index (χ2v) is 10.6. The Balaban J connectivity index is 1.29. The number of hydrazone groups is 1. The van der Waals surface area contributed by atoms with Gasteiger partial charge in [-0.05, 0) is 71.4 Å². The lowest BCUT2D eigenvalue weighted by Gasteiger charge is -2.11. The molecule has 0 atom stereocenters. The van der Waals surface area contributed by atoms with Crippen LogP contribution in [0.2, 0.25) is 20.1 Å². The van der Waals surface area contributed by atoms with Gasteiger partial charge in [-0.1, -0.05) is 82.8 Å². The van der Waals surface area contributed by atoms with E-state index >= 15 is 0 Å². The molecule has 0 aliphatic carbocycles. The number of esters is 1. The minimum absolute atomic E-state index is 0.161. The Labute approximate surface area is 261 Å². The summed E-state index contributed by atoms with van der Waals surface area (Å²) in [6.45, 7) is 0.244. The molecule has 0 saturated carbocycles. The summed E-state index contributed by atoms with van der Waals surface area (Å²) in [6, 6.07) is 27.3. The van der Waals surface area contributed by atoms with Gasteiger partial charge in [-0.25, -0.2) is 10.2 Å². The number of nitrogens with zero attached hydrogens (tertiary/aromatic N) is 1. The zero-order chi connectivity index (χ0) is 29.6. The molecule has 0 heterocycles. The van der Waals surface area contributed by atoms with Crippen LogP contribution >= 0.6 is 46.4 Å². The lowest BCUT2D eigenvalue weighted by molar-refractivity contribution is 0.0734. The van der Waals surface area contributed by atoms with E-state index in [-0.39, 0.29) is 22.9 Å². The van der Waals surface area contributed by atoms with Crippen molar-refractivity contribution in [1.82, 2.24) is 5.43 Å². The highest BCUT2D eigenvalue weighted by Crippen LogP contribution is 2.29. The Morgan fingerprint density at radius 2 is 1.50 bits per heavy atom. The highest BCUT2D eigenvalue weighted by Gasteiger charge is 2.17. The molecule has 6 nitrogen and oxygen atoms in total. The minimum atomic E-state index is -0.661. The fourth-order valence-corrected chi connectivity index (χ4v) is 4.98. The summed E-state index contributed by atoms with van der Waals surface area (Å²) in [5, 5.41) is 7.42. The third-order valence-corrected chi connectivity index (χ3v) is 7.30. The van der Waals surface area contributed by atoms with Crippen LogP contribution in [0.5, 0.6) is 11.5 Å². The van der Waals surface area contributed by atoms with Crippen molar-refractivity contribution in [3.05, 3.63) is 139 Å². The molecule has 42 heavy (non-hydrogen) atoms. The number of nitrogens with one attached hydrogen (secondary N) is 1. The van der Waals surface area contributed by atoms with Crippen LogP contribution in [0, 0.1) is 0 Å². The fraction of sp³-hybridized carbons (Fsp3) is 0.0312. The number of carbonyl (C=O) groups is 2. The molecule has 0 aromatic heterocycles. The fourth-order valence-electron chi connectivity index (χ4n) is 4.03. The van der Waals surface area contributed by atoms with E-state index in [0.29, 0.717) is 31.9 Å². The Kier molecular flexibility index (Phi) is 9.30. The number of carbonyl (C=O) groups excluding carboxylic acids is 2. The van der Waals surface area contributed by atoms with Crippen molar-refractivity contribution in [2.45, 2.75) is 6.61 Å². The van der Waals surface area contributed by atoms with Gasteiger partial charge in [0.25, 0.3) is 5.91 Å². The van der Waals surface area contributed by atoms with Crippen molar-refractivity contribution < 1.29 is 19.1 Å². The number of fused-ring (bicyclic) bond motifs is 1. The van der Waals surface area contributed by atoms with Crippen LogP contribution in [-0.4, -0.2) is 18.1 Å². The molecule has 210 valence electrons.